The summed E-state index contributed by atoms with van der Waals surface area (Å²) in [5, 5.41) is 34.4. The molecular formula is C51H42O2. The van der Waals surface area contributed by atoms with Crippen molar-refractivity contribution < 1.29 is 10.2 Å². The van der Waals surface area contributed by atoms with Gasteiger partial charge in [-0.1, -0.05) is 135 Å². The molecule has 2 N–H and O–H groups in total. The molecule has 0 heterocycles. The number of benzene rings is 9. The first-order valence-corrected chi connectivity index (χ1v) is 19.1. The Morgan fingerprint density at radius 2 is 1.09 bits per heavy atom. The minimum Gasteiger partial charge on any atom is -0.396 e. The Labute approximate surface area is 310 Å². The molecule has 2 nitrogen and oxygen atoms in total. The third-order valence-corrected chi connectivity index (χ3v) is 12.1. The highest BCUT2D eigenvalue weighted by Gasteiger charge is 2.43. The predicted octanol–water partition coefficient (Wildman–Crippen LogP) is 12.5. The van der Waals surface area contributed by atoms with Crippen molar-refractivity contribution in [3.63, 3.8) is 0 Å². The zero-order valence-electron chi connectivity index (χ0n) is 30.3. The predicted molar refractivity (Wildman–Crippen MR) is 224 cm³/mol. The molecule has 10 rings (SSSR count). The Kier molecular flexibility index (Phi) is 7.44. The highest BCUT2D eigenvalue weighted by atomic mass is 16.3. The normalized spacial score (nSPS) is 15.4. The van der Waals surface area contributed by atoms with Gasteiger partial charge < -0.3 is 10.2 Å². The van der Waals surface area contributed by atoms with Crippen LogP contribution in [-0.2, 0) is 11.8 Å². The molecule has 0 fully saturated rings. The molecule has 0 amide bonds. The average molecular weight is 687 g/mol. The number of fused-ring (bicyclic) bond motifs is 6. The molecular weight excluding hydrogens is 645 g/mol. The molecule has 1 aliphatic rings. The molecule has 0 aliphatic heterocycles. The Balaban J connectivity index is 1.15. The summed E-state index contributed by atoms with van der Waals surface area (Å²) in [6, 6.07) is 51.8. The maximum atomic E-state index is 11.5. The van der Waals surface area contributed by atoms with Gasteiger partial charge in [0.2, 0.25) is 0 Å². The molecule has 1 unspecified atom stereocenters. The highest BCUT2D eigenvalue weighted by Crippen LogP contribution is 2.54. The number of rotatable bonds is 8. The summed E-state index contributed by atoms with van der Waals surface area (Å²) in [7, 11) is 0. The van der Waals surface area contributed by atoms with Crippen molar-refractivity contribution in [2.45, 2.75) is 38.5 Å². The zero-order valence-corrected chi connectivity index (χ0v) is 30.3. The Morgan fingerprint density at radius 1 is 0.491 bits per heavy atom. The van der Waals surface area contributed by atoms with Gasteiger partial charge in [0.05, 0.1) is 6.61 Å². The molecule has 1 atom stereocenters. The minimum atomic E-state index is -0.636. The molecule has 0 radical (unpaired) electrons. The summed E-state index contributed by atoms with van der Waals surface area (Å²) >= 11 is 0. The van der Waals surface area contributed by atoms with Gasteiger partial charge in [0.1, 0.15) is 0 Å². The van der Waals surface area contributed by atoms with Crippen LogP contribution in [0.25, 0.3) is 87.2 Å². The fraction of sp³-hybridized carbons (Fsp3) is 0.176. The monoisotopic (exact) mass is 686 g/mol. The van der Waals surface area contributed by atoms with Crippen molar-refractivity contribution in [2.75, 3.05) is 13.2 Å². The second-order valence-corrected chi connectivity index (χ2v) is 15.7. The molecule has 0 saturated heterocycles. The van der Waals surface area contributed by atoms with Crippen LogP contribution < -0.4 is 0 Å². The van der Waals surface area contributed by atoms with Gasteiger partial charge in [-0.15, -0.1) is 0 Å². The first-order valence-electron chi connectivity index (χ1n) is 19.1. The maximum Gasteiger partial charge on any atom is 0.0569 e. The van der Waals surface area contributed by atoms with E-state index >= 15 is 0 Å². The third kappa shape index (κ3) is 4.86. The van der Waals surface area contributed by atoms with Crippen LogP contribution in [0.4, 0.5) is 0 Å². The van der Waals surface area contributed by atoms with E-state index in [9.17, 15) is 10.2 Å². The summed E-state index contributed by atoms with van der Waals surface area (Å²) in [5.74, 6) is 0.606. The molecule has 258 valence electrons. The molecule has 0 spiro atoms. The SMILES string of the molecule is CC(C)Cc1cc2ccc3ccc(-c4ccc5c(c4)C(CO)(CCCO)c4cc(-c6cc7ccccc7c7ccccc67)ccc4-5)c4ccc(c1)c2c34. The first-order chi connectivity index (χ1) is 26.0. The van der Waals surface area contributed by atoms with E-state index in [0.717, 1.165) is 28.7 Å². The Morgan fingerprint density at radius 3 is 1.79 bits per heavy atom. The molecule has 0 saturated carbocycles. The van der Waals surface area contributed by atoms with Crippen LogP contribution >= 0.6 is 0 Å². The van der Waals surface area contributed by atoms with Crippen LogP contribution in [0, 0.1) is 5.92 Å². The van der Waals surface area contributed by atoms with Gasteiger partial charge in [0, 0.05) is 12.0 Å². The van der Waals surface area contributed by atoms with E-state index in [-0.39, 0.29) is 13.2 Å². The van der Waals surface area contributed by atoms with Crippen LogP contribution in [0.2, 0.25) is 0 Å². The average Bonchev–Trinajstić information content (AvgIpc) is 3.46. The standard InChI is InChI=1S/C51H42O2/c1-31(2)24-32-25-37-13-12-33-14-18-40(45-21-17-38(26-32)49(37)50(33)45)35-15-19-43-44-20-16-36(29-48(44)51(30-53,22-7-23-52)47(43)28-35)46-27-34-8-3-4-9-39(34)41-10-5-6-11-42(41)46/h3-6,8-21,25-29,31,52-53H,7,22-24,30H2,1-2H3. The van der Waals surface area contributed by atoms with Crippen LogP contribution in [0.5, 0.6) is 0 Å². The van der Waals surface area contributed by atoms with E-state index in [1.165, 1.54) is 81.7 Å². The van der Waals surface area contributed by atoms with Gasteiger partial charge in [-0.3, -0.25) is 0 Å². The minimum absolute atomic E-state index is 0.0322. The number of hydrogen-bond acceptors (Lipinski definition) is 2. The summed E-state index contributed by atoms with van der Waals surface area (Å²) in [5.41, 5.74) is 10.1. The Bertz CT molecular complexity index is 2860. The van der Waals surface area contributed by atoms with E-state index < -0.39 is 5.41 Å². The van der Waals surface area contributed by atoms with Crippen LogP contribution in [0.3, 0.4) is 0 Å². The smallest absolute Gasteiger partial charge is 0.0569 e. The molecule has 1 aliphatic carbocycles. The fourth-order valence-electron chi connectivity index (χ4n) is 9.75. The summed E-state index contributed by atoms with van der Waals surface area (Å²) in [4.78, 5) is 0. The van der Waals surface area contributed by atoms with Gasteiger partial charge in [0.25, 0.3) is 0 Å². The van der Waals surface area contributed by atoms with Gasteiger partial charge in [-0.2, -0.15) is 0 Å². The lowest BCUT2D eigenvalue weighted by Gasteiger charge is -2.30. The lowest BCUT2D eigenvalue weighted by atomic mass is 9.74. The second kappa shape index (κ2) is 12.3. The van der Waals surface area contributed by atoms with E-state index in [1.54, 1.807) is 0 Å². The van der Waals surface area contributed by atoms with Gasteiger partial charge >= 0.3 is 0 Å². The highest BCUT2D eigenvalue weighted by molar-refractivity contribution is 6.25. The van der Waals surface area contributed by atoms with Crippen molar-refractivity contribution in [2.24, 2.45) is 5.92 Å². The lowest BCUT2D eigenvalue weighted by molar-refractivity contribution is 0.197. The van der Waals surface area contributed by atoms with Gasteiger partial charge in [-0.05, 0) is 147 Å². The zero-order chi connectivity index (χ0) is 35.8. The van der Waals surface area contributed by atoms with Crippen LogP contribution in [-0.4, -0.2) is 23.4 Å². The number of aliphatic hydroxyl groups excluding tert-OH is 2. The summed E-state index contributed by atoms with van der Waals surface area (Å²) < 4.78 is 0. The summed E-state index contributed by atoms with van der Waals surface area (Å²) in [6.45, 7) is 4.61. The van der Waals surface area contributed by atoms with Crippen molar-refractivity contribution in [3.05, 3.63) is 156 Å². The van der Waals surface area contributed by atoms with Crippen molar-refractivity contribution in [3.8, 4) is 33.4 Å². The molecule has 9 aromatic rings. The van der Waals surface area contributed by atoms with Crippen LogP contribution in [0.15, 0.2) is 140 Å². The fourth-order valence-corrected chi connectivity index (χ4v) is 9.75. The second-order valence-electron chi connectivity index (χ2n) is 15.7. The quantitative estimate of drug-likeness (QED) is 0.156. The Hall–Kier alpha value is -5.54. The number of hydrogen-bond donors (Lipinski definition) is 2. The van der Waals surface area contributed by atoms with Crippen molar-refractivity contribution in [1.29, 1.82) is 0 Å². The first kappa shape index (κ1) is 32.1. The lowest BCUT2D eigenvalue weighted by Crippen LogP contribution is -2.30. The summed E-state index contributed by atoms with van der Waals surface area (Å²) in [6.07, 6.45) is 2.33. The molecule has 2 heteroatoms. The van der Waals surface area contributed by atoms with Gasteiger partial charge in [-0.25, -0.2) is 0 Å². The number of aliphatic hydroxyl groups is 2. The molecule has 0 aromatic heterocycles. The van der Waals surface area contributed by atoms with E-state index in [2.05, 4.69) is 153 Å². The van der Waals surface area contributed by atoms with E-state index in [1.807, 2.05) is 0 Å². The van der Waals surface area contributed by atoms with Gasteiger partial charge in [0.15, 0.2) is 0 Å². The molecule has 0 bridgehead atoms. The van der Waals surface area contributed by atoms with Crippen molar-refractivity contribution >= 4 is 53.9 Å². The van der Waals surface area contributed by atoms with Crippen molar-refractivity contribution in [1.82, 2.24) is 0 Å². The maximum absolute atomic E-state index is 11.5. The van der Waals surface area contributed by atoms with E-state index in [4.69, 9.17) is 0 Å². The molecule has 53 heavy (non-hydrogen) atoms. The topological polar surface area (TPSA) is 40.5 Å². The van der Waals surface area contributed by atoms with Crippen LogP contribution in [0.1, 0.15) is 43.4 Å². The van der Waals surface area contributed by atoms with E-state index in [0.29, 0.717) is 18.8 Å². The third-order valence-electron chi connectivity index (χ3n) is 12.1. The molecule has 9 aromatic carbocycles. The largest absolute Gasteiger partial charge is 0.396 e.